The summed E-state index contributed by atoms with van der Waals surface area (Å²) in [5.41, 5.74) is -1.09. The largest absolute Gasteiger partial charge is 0.490 e. The van der Waals surface area contributed by atoms with Crippen LogP contribution in [0.2, 0.25) is 0 Å². The Morgan fingerprint density at radius 1 is 0.823 bits per heavy atom. The zero-order valence-electron chi connectivity index (χ0n) is 34.5. The second-order valence-electron chi connectivity index (χ2n) is 18.2. The maximum absolute atomic E-state index is 15.0. The van der Waals surface area contributed by atoms with Gasteiger partial charge in [0.15, 0.2) is 5.69 Å². The average Bonchev–Trinajstić information content (AvgIpc) is 3.66. The summed E-state index contributed by atoms with van der Waals surface area (Å²) >= 11 is 0. The molecule has 1 saturated heterocycles. The van der Waals surface area contributed by atoms with Crippen molar-refractivity contribution < 1.29 is 37.3 Å². The fourth-order valence-corrected chi connectivity index (χ4v) is 11.7. The highest BCUT2D eigenvalue weighted by Crippen LogP contribution is 2.58. The first-order valence-electron chi connectivity index (χ1n) is 22.1. The molecular weight excluding hydrogens is 798 g/mol. The molecule has 62 heavy (non-hydrogen) atoms. The number of amides is 1. The number of pyridine rings is 1. The van der Waals surface area contributed by atoms with Crippen molar-refractivity contribution in [2.75, 3.05) is 18.0 Å². The van der Waals surface area contributed by atoms with Gasteiger partial charge in [-0.2, -0.15) is 13.2 Å². The second kappa shape index (κ2) is 16.3. The molecule has 14 heteroatoms. The van der Waals surface area contributed by atoms with Gasteiger partial charge in [-0.05, 0) is 117 Å². The predicted octanol–water partition coefficient (Wildman–Crippen LogP) is 9.27. The van der Waals surface area contributed by atoms with Crippen molar-refractivity contribution in [2.24, 2.45) is 23.7 Å². The maximum Gasteiger partial charge on any atom is 0.434 e. The van der Waals surface area contributed by atoms with Crippen LogP contribution in [0.3, 0.4) is 0 Å². The van der Waals surface area contributed by atoms with Crippen molar-refractivity contribution in [3.8, 4) is 17.0 Å². The number of benzene rings is 2. The van der Waals surface area contributed by atoms with Gasteiger partial charge in [-0.15, -0.1) is 0 Å². The Hall–Kier alpha value is -5.50. The number of anilines is 1. The van der Waals surface area contributed by atoms with Crippen LogP contribution >= 0.6 is 0 Å². The molecule has 4 bridgehead atoms. The molecule has 0 unspecified atom stereocenters. The van der Waals surface area contributed by atoms with Gasteiger partial charge in [0, 0.05) is 67.6 Å². The van der Waals surface area contributed by atoms with E-state index in [-0.39, 0.29) is 35.8 Å². The van der Waals surface area contributed by atoms with E-state index >= 15 is 13.2 Å². The van der Waals surface area contributed by atoms with Crippen LogP contribution in [0.1, 0.15) is 98.3 Å². The summed E-state index contributed by atoms with van der Waals surface area (Å²) in [5.74, 6) is -0.689. The van der Waals surface area contributed by atoms with Crippen molar-refractivity contribution in [3.05, 3.63) is 102 Å². The highest BCUT2D eigenvalue weighted by Gasteiger charge is 2.62. The number of nitrogens with one attached hydrogen (secondary N) is 1. The van der Waals surface area contributed by atoms with Gasteiger partial charge in [-0.3, -0.25) is 4.79 Å². The molecule has 1 amide bonds. The Bertz CT molecular complexity index is 2400. The van der Waals surface area contributed by atoms with Crippen LogP contribution in [0.15, 0.2) is 85.3 Å². The number of aliphatic carboxylic acids is 1. The molecule has 2 N–H and O–H groups in total. The second-order valence-corrected chi connectivity index (χ2v) is 18.2. The van der Waals surface area contributed by atoms with Gasteiger partial charge in [-0.25, -0.2) is 19.7 Å². The van der Waals surface area contributed by atoms with E-state index in [0.29, 0.717) is 66.8 Å². The third kappa shape index (κ3) is 7.68. The number of halogens is 3. The Morgan fingerprint density at radius 3 is 2.18 bits per heavy atom. The molecule has 324 valence electrons. The molecule has 11 rings (SSSR count). The first kappa shape index (κ1) is 40.6. The number of ether oxygens (including phenoxy) is 2. The topological polar surface area (TPSA) is 132 Å². The lowest BCUT2D eigenvalue weighted by molar-refractivity contribution is -0.163. The number of piperidine rings is 1. The number of fused-ring (bicyclic) bond motifs is 1. The quantitative estimate of drug-likeness (QED) is 0.134. The summed E-state index contributed by atoms with van der Waals surface area (Å²) in [5, 5.41) is 14.0. The molecule has 0 atom stereocenters. The lowest BCUT2D eigenvalue weighted by atomic mass is 9.48. The maximum atomic E-state index is 15.0. The number of rotatable bonds is 11. The SMILES string of the molecule is O=C(NC1(C(=O)O)C2CC3CC(C2)CC1C3)c1ccc(-c2cn(C3CCC(OCc4ccccc4)CC3)c3cc(OC4CCN(c5ncccn5)CC4)ccc23)nc1C(F)(F)F. The summed E-state index contributed by atoms with van der Waals surface area (Å²) in [6.45, 7) is 2.02. The summed E-state index contributed by atoms with van der Waals surface area (Å²) in [6, 6.07) is 20.3. The fraction of sp³-hybridized carbons (Fsp3) is 0.479. The number of carbonyl (C=O) groups excluding carboxylic acids is 1. The van der Waals surface area contributed by atoms with Gasteiger partial charge in [0.05, 0.1) is 29.5 Å². The molecule has 3 aromatic heterocycles. The van der Waals surface area contributed by atoms with Crippen LogP contribution in [0, 0.1) is 23.7 Å². The summed E-state index contributed by atoms with van der Waals surface area (Å²) in [6.07, 6.45) is 8.93. The van der Waals surface area contributed by atoms with E-state index in [2.05, 4.69) is 29.7 Å². The minimum atomic E-state index is -4.98. The van der Waals surface area contributed by atoms with Crippen molar-refractivity contribution in [2.45, 2.75) is 107 Å². The number of nitrogens with zero attached hydrogens (tertiary/aromatic N) is 5. The molecule has 5 aromatic rings. The van der Waals surface area contributed by atoms with Gasteiger partial charge < -0.3 is 29.4 Å². The Balaban J connectivity index is 0.941. The van der Waals surface area contributed by atoms with Gasteiger partial charge in [0.2, 0.25) is 5.95 Å². The highest BCUT2D eigenvalue weighted by atomic mass is 19.4. The smallest absolute Gasteiger partial charge is 0.434 e. The van der Waals surface area contributed by atoms with Gasteiger partial charge >= 0.3 is 12.1 Å². The third-order valence-corrected chi connectivity index (χ3v) is 14.5. The molecule has 11 nitrogen and oxygen atoms in total. The zero-order valence-corrected chi connectivity index (χ0v) is 34.5. The first-order chi connectivity index (χ1) is 30.0. The van der Waals surface area contributed by atoms with Crippen LogP contribution in [-0.2, 0) is 22.3 Å². The summed E-state index contributed by atoms with van der Waals surface area (Å²) in [7, 11) is 0. The monoisotopic (exact) mass is 848 g/mol. The van der Waals surface area contributed by atoms with E-state index in [1.807, 2.05) is 54.7 Å². The molecule has 5 aliphatic carbocycles. The Labute approximate surface area is 358 Å². The molecule has 0 spiro atoms. The first-order valence-corrected chi connectivity index (χ1v) is 22.1. The lowest BCUT2D eigenvalue weighted by Crippen LogP contribution is -2.70. The standard InChI is InChI=1S/C48H51F3N6O5/c49-48(50,51)43-39(44(58)55-47(45(59)60)32-22-30-21-31(24-32)25-33(47)23-30)13-14-41(54-43)40-27-57(34-7-9-35(10-8-34)61-28-29-5-2-1-3-6-29)42-26-37(11-12-38(40)42)62-36-15-19-56(20-16-36)46-52-17-4-18-53-46/h1-6,11-14,17-18,26-27,30-36H,7-10,15-16,19-25,28H2,(H,55,58)(H,59,60). The van der Waals surface area contributed by atoms with Crippen molar-refractivity contribution >= 4 is 28.7 Å². The van der Waals surface area contributed by atoms with Gasteiger partial charge in [0.1, 0.15) is 17.4 Å². The van der Waals surface area contributed by atoms with E-state index in [1.54, 1.807) is 18.5 Å². The van der Waals surface area contributed by atoms with Crippen molar-refractivity contribution in [1.82, 2.24) is 24.8 Å². The number of hydrogen-bond acceptors (Lipinski definition) is 8. The van der Waals surface area contributed by atoms with E-state index in [0.717, 1.165) is 75.2 Å². The fourth-order valence-electron chi connectivity index (χ4n) is 11.7. The minimum Gasteiger partial charge on any atom is -0.490 e. The molecule has 6 aliphatic rings. The minimum absolute atomic E-state index is 0.0404. The molecular formula is C48H51F3N6O5. The third-order valence-electron chi connectivity index (χ3n) is 14.5. The number of carboxylic acid groups (broad SMARTS) is 1. The molecule has 1 aliphatic heterocycles. The van der Waals surface area contributed by atoms with Gasteiger partial charge in [0.25, 0.3) is 5.91 Å². The normalized spacial score (nSPS) is 27.4. The van der Waals surface area contributed by atoms with Crippen molar-refractivity contribution in [3.63, 3.8) is 0 Å². The molecule has 6 fully saturated rings. The van der Waals surface area contributed by atoms with Crippen LogP contribution < -0.4 is 15.0 Å². The average molecular weight is 849 g/mol. The number of hydrogen-bond donors (Lipinski definition) is 2. The van der Waals surface area contributed by atoms with Crippen LogP contribution in [-0.4, -0.2) is 67.3 Å². The van der Waals surface area contributed by atoms with E-state index < -0.39 is 34.8 Å². The van der Waals surface area contributed by atoms with E-state index in [4.69, 9.17) is 9.47 Å². The van der Waals surface area contributed by atoms with E-state index in [1.165, 1.54) is 6.07 Å². The van der Waals surface area contributed by atoms with Crippen LogP contribution in [0.5, 0.6) is 5.75 Å². The van der Waals surface area contributed by atoms with Crippen LogP contribution in [0.4, 0.5) is 19.1 Å². The highest BCUT2D eigenvalue weighted by molar-refractivity contribution is 6.00. The zero-order chi connectivity index (χ0) is 42.6. The molecule has 5 saturated carbocycles. The van der Waals surface area contributed by atoms with Gasteiger partial charge in [-0.1, -0.05) is 30.3 Å². The number of alkyl halides is 3. The number of carboxylic acids is 1. The summed E-state index contributed by atoms with van der Waals surface area (Å²) in [4.78, 5) is 42.1. The summed E-state index contributed by atoms with van der Waals surface area (Å²) < 4.78 is 60.1. The molecule has 4 heterocycles. The Morgan fingerprint density at radius 2 is 1.52 bits per heavy atom. The van der Waals surface area contributed by atoms with E-state index in [9.17, 15) is 14.7 Å². The molecule has 2 aromatic carbocycles. The Kier molecular flexibility index (Phi) is 10.7. The lowest BCUT2D eigenvalue weighted by Gasteiger charge is -2.59. The van der Waals surface area contributed by atoms with Crippen molar-refractivity contribution in [1.29, 1.82) is 0 Å². The number of aromatic nitrogens is 4. The van der Waals surface area contributed by atoms with Crippen LogP contribution in [0.25, 0.3) is 22.2 Å². The predicted molar refractivity (Wildman–Crippen MR) is 225 cm³/mol. The molecule has 0 radical (unpaired) electrons. The number of carbonyl (C=O) groups is 2.